The van der Waals surface area contributed by atoms with Gasteiger partial charge in [0.05, 0.1) is 0 Å². The molecule has 0 atom stereocenters. The van der Waals surface area contributed by atoms with E-state index in [1.165, 1.54) is 0 Å². The minimum Gasteiger partial charge on any atom is -0.306 e. The van der Waals surface area contributed by atoms with Crippen LogP contribution in [-0.2, 0) is 0 Å². The maximum Gasteiger partial charge on any atom is 0.231 e. The highest BCUT2D eigenvalue weighted by atomic mass is 35.5. The molecule has 0 aliphatic carbocycles. The quantitative estimate of drug-likeness (QED) is 0.491. The first-order chi connectivity index (χ1) is 12.7. The summed E-state index contributed by atoms with van der Waals surface area (Å²) in [7, 11) is 0. The van der Waals surface area contributed by atoms with Gasteiger partial charge in [-0.2, -0.15) is 0 Å². The van der Waals surface area contributed by atoms with Gasteiger partial charge in [-0.05, 0) is 35.9 Å². The molecule has 4 aromatic rings. The molecule has 0 N–H and O–H groups in total. The van der Waals surface area contributed by atoms with Gasteiger partial charge in [-0.15, -0.1) is 0 Å². The molecule has 0 aliphatic rings. The number of pyridine rings is 1. The Morgan fingerprint density at radius 3 is 2.54 bits per heavy atom. The van der Waals surface area contributed by atoms with Gasteiger partial charge in [-0.25, -0.2) is 4.98 Å². The lowest BCUT2D eigenvalue weighted by Crippen LogP contribution is -2.03. The molecule has 126 valence electrons. The van der Waals surface area contributed by atoms with Crippen LogP contribution in [0.2, 0.25) is 5.02 Å². The molecule has 0 fully saturated rings. The lowest BCUT2D eigenvalue weighted by molar-refractivity contribution is 0.103. The molecule has 0 spiro atoms. The number of nitrogens with zero attached hydrogens (tertiary/aromatic N) is 3. The highest BCUT2D eigenvalue weighted by Gasteiger charge is 2.14. The van der Waals surface area contributed by atoms with E-state index in [1.54, 1.807) is 36.9 Å². The first-order valence-electron chi connectivity index (χ1n) is 8.07. The molecule has 0 bridgehead atoms. The third kappa shape index (κ3) is 3.15. The Morgan fingerprint density at radius 2 is 1.73 bits per heavy atom. The van der Waals surface area contributed by atoms with Crippen molar-refractivity contribution in [2.75, 3.05) is 0 Å². The Morgan fingerprint density at radius 1 is 0.885 bits per heavy atom. The third-order valence-electron chi connectivity index (χ3n) is 4.04. The number of carbonyl (C=O) groups excluding carboxylic acids is 1. The Bertz CT molecular complexity index is 1070. The second-order valence-electron chi connectivity index (χ2n) is 5.74. The van der Waals surface area contributed by atoms with E-state index in [9.17, 15) is 4.79 Å². The zero-order valence-corrected chi connectivity index (χ0v) is 14.5. The fourth-order valence-electron chi connectivity index (χ4n) is 2.74. The van der Waals surface area contributed by atoms with Crippen molar-refractivity contribution in [1.82, 2.24) is 14.5 Å². The molecular weight excluding hydrogens is 346 g/mol. The number of imidazole rings is 1. The van der Waals surface area contributed by atoms with E-state index in [4.69, 9.17) is 11.6 Å². The summed E-state index contributed by atoms with van der Waals surface area (Å²) < 4.78 is 1.82. The largest absolute Gasteiger partial charge is 0.306 e. The van der Waals surface area contributed by atoms with Crippen LogP contribution in [0.15, 0.2) is 85.5 Å². The van der Waals surface area contributed by atoms with Crippen molar-refractivity contribution >= 4 is 17.4 Å². The highest BCUT2D eigenvalue weighted by Crippen LogP contribution is 2.28. The fourth-order valence-corrected chi connectivity index (χ4v) is 2.98. The highest BCUT2D eigenvalue weighted by molar-refractivity contribution is 6.33. The van der Waals surface area contributed by atoms with E-state index < -0.39 is 0 Å². The minimum atomic E-state index is -0.202. The molecule has 0 aliphatic heterocycles. The SMILES string of the molecule is O=C(c1ccccn1)c1cn(-c2cccc(-c3ccccc3Cl)c2)cn1. The predicted octanol–water partition coefficient (Wildman–Crippen LogP) is 4.82. The predicted molar refractivity (Wildman–Crippen MR) is 102 cm³/mol. The van der Waals surface area contributed by atoms with E-state index in [-0.39, 0.29) is 5.78 Å². The van der Waals surface area contributed by atoms with E-state index in [0.29, 0.717) is 16.4 Å². The number of rotatable bonds is 4. The maximum atomic E-state index is 12.5. The molecule has 0 amide bonds. The topological polar surface area (TPSA) is 47.8 Å². The van der Waals surface area contributed by atoms with E-state index in [2.05, 4.69) is 9.97 Å². The number of aromatic nitrogens is 3. The van der Waals surface area contributed by atoms with Crippen LogP contribution < -0.4 is 0 Å². The first-order valence-corrected chi connectivity index (χ1v) is 8.45. The summed E-state index contributed by atoms with van der Waals surface area (Å²) in [6.45, 7) is 0. The molecule has 0 saturated carbocycles. The summed E-state index contributed by atoms with van der Waals surface area (Å²) in [5.74, 6) is -0.202. The summed E-state index contributed by atoms with van der Waals surface area (Å²) in [4.78, 5) is 20.8. The van der Waals surface area contributed by atoms with Crippen molar-refractivity contribution in [2.45, 2.75) is 0 Å². The Labute approximate surface area is 155 Å². The smallest absolute Gasteiger partial charge is 0.231 e. The number of halogens is 1. The molecule has 5 heteroatoms. The molecule has 0 saturated heterocycles. The molecule has 4 nitrogen and oxygen atoms in total. The van der Waals surface area contributed by atoms with E-state index >= 15 is 0 Å². The maximum absolute atomic E-state index is 12.5. The number of hydrogen-bond donors (Lipinski definition) is 0. The van der Waals surface area contributed by atoms with Gasteiger partial charge < -0.3 is 4.57 Å². The van der Waals surface area contributed by atoms with Crippen LogP contribution in [0.4, 0.5) is 0 Å². The van der Waals surface area contributed by atoms with Crippen LogP contribution in [0.1, 0.15) is 16.2 Å². The summed E-state index contributed by atoms with van der Waals surface area (Å²) in [6.07, 6.45) is 4.93. The molecule has 26 heavy (non-hydrogen) atoms. The third-order valence-corrected chi connectivity index (χ3v) is 4.37. The zero-order chi connectivity index (χ0) is 17.9. The van der Waals surface area contributed by atoms with Gasteiger partial charge in [0.15, 0.2) is 0 Å². The fraction of sp³-hybridized carbons (Fsp3) is 0. The van der Waals surface area contributed by atoms with Crippen LogP contribution in [0.3, 0.4) is 0 Å². The zero-order valence-electron chi connectivity index (χ0n) is 13.7. The van der Waals surface area contributed by atoms with Crippen molar-refractivity contribution in [1.29, 1.82) is 0 Å². The van der Waals surface area contributed by atoms with Crippen molar-refractivity contribution < 1.29 is 4.79 Å². The average Bonchev–Trinajstić information content (AvgIpc) is 3.19. The normalized spacial score (nSPS) is 10.7. The van der Waals surface area contributed by atoms with Crippen LogP contribution >= 0.6 is 11.6 Å². The summed E-state index contributed by atoms with van der Waals surface area (Å²) in [6, 6.07) is 20.9. The molecule has 4 rings (SSSR count). The second kappa shape index (κ2) is 6.94. The molecule has 2 heterocycles. The lowest BCUT2D eigenvalue weighted by atomic mass is 10.1. The number of carbonyl (C=O) groups is 1. The lowest BCUT2D eigenvalue weighted by Gasteiger charge is -2.07. The number of benzene rings is 2. The Hall–Kier alpha value is -3.24. The first kappa shape index (κ1) is 16.2. The second-order valence-corrected chi connectivity index (χ2v) is 6.15. The van der Waals surface area contributed by atoms with Crippen LogP contribution in [0.5, 0.6) is 0 Å². The molecule has 2 aromatic carbocycles. The monoisotopic (exact) mass is 359 g/mol. The van der Waals surface area contributed by atoms with Gasteiger partial charge >= 0.3 is 0 Å². The Kier molecular flexibility index (Phi) is 4.33. The van der Waals surface area contributed by atoms with Crippen LogP contribution in [-0.4, -0.2) is 20.3 Å². The molecule has 0 radical (unpaired) electrons. The summed E-state index contributed by atoms with van der Waals surface area (Å²) in [5.41, 5.74) is 3.59. The molecule has 2 aromatic heterocycles. The van der Waals surface area contributed by atoms with Gasteiger partial charge in [0, 0.05) is 28.7 Å². The van der Waals surface area contributed by atoms with Gasteiger partial charge in [0.1, 0.15) is 17.7 Å². The number of ketones is 1. The standard InChI is InChI=1S/C21H14ClN3O/c22-18-9-2-1-8-17(18)15-6-5-7-16(12-15)25-13-20(24-14-25)21(26)19-10-3-4-11-23-19/h1-14H. The summed E-state index contributed by atoms with van der Waals surface area (Å²) >= 11 is 6.30. The van der Waals surface area contributed by atoms with Crippen molar-refractivity contribution in [3.8, 4) is 16.8 Å². The minimum absolute atomic E-state index is 0.202. The molecule has 0 unspecified atom stereocenters. The van der Waals surface area contributed by atoms with Gasteiger partial charge in [-0.1, -0.05) is 48.0 Å². The van der Waals surface area contributed by atoms with Crippen molar-refractivity contribution in [3.63, 3.8) is 0 Å². The number of hydrogen-bond acceptors (Lipinski definition) is 3. The van der Waals surface area contributed by atoms with Crippen LogP contribution in [0.25, 0.3) is 16.8 Å². The van der Waals surface area contributed by atoms with Gasteiger partial charge in [0.25, 0.3) is 0 Å². The van der Waals surface area contributed by atoms with E-state index in [0.717, 1.165) is 16.8 Å². The van der Waals surface area contributed by atoms with Gasteiger partial charge in [-0.3, -0.25) is 9.78 Å². The van der Waals surface area contributed by atoms with E-state index in [1.807, 2.05) is 53.1 Å². The average molecular weight is 360 g/mol. The van der Waals surface area contributed by atoms with Crippen LogP contribution in [0, 0.1) is 0 Å². The Balaban J connectivity index is 1.67. The van der Waals surface area contributed by atoms with Crippen molar-refractivity contribution in [2.24, 2.45) is 0 Å². The van der Waals surface area contributed by atoms with Crippen molar-refractivity contribution in [3.05, 3.63) is 102 Å². The summed E-state index contributed by atoms with van der Waals surface area (Å²) in [5, 5.41) is 0.696. The molecular formula is C21H14ClN3O. The van der Waals surface area contributed by atoms with Gasteiger partial charge in [0.2, 0.25) is 5.78 Å².